The summed E-state index contributed by atoms with van der Waals surface area (Å²) in [4.78, 5) is 23.6. The molecule has 1 saturated carbocycles. The molecule has 0 spiro atoms. The fourth-order valence-corrected chi connectivity index (χ4v) is 5.53. The second kappa shape index (κ2) is 8.25. The average Bonchev–Trinajstić information content (AvgIpc) is 3.60. The monoisotopic (exact) mass is 449 g/mol. The van der Waals surface area contributed by atoms with Crippen molar-refractivity contribution in [2.24, 2.45) is 0 Å². The van der Waals surface area contributed by atoms with Crippen LogP contribution in [0.3, 0.4) is 0 Å². The number of imidazole rings is 1. The van der Waals surface area contributed by atoms with E-state index in [0.29, 0.717) is 44.5 Å². The van der Waals surface area contributed by atoms with Gasteiger partial charge in [-0.2, -0.15) is 0 Å². The van der Waals surface area contributed by atoms with E-state index in [1.165, 1.54) is 18.4 Å². The van der Waals surface area contributed by atoms with Crippen LogP contribution in [-0.4, -0.2) is 44.1 Å². The lowest BCUT2D eigenvalue weighted by Crippen LogP contribution is -2.35. The molecule has 0 aromatic heterocycles. The average molecular weight is 450 g/mol. The van der Waals surface area contributed by atoms with Crippen molar-refractivity contribution in [3.8, 4) is 11.5 Å². The molecule has 1 aromatic carbocycles. The molecule has 8 nitrogen and oxygen atoms in total. The van der Waals surface area contributed by atoms with E-state index >= 15 is 0 Å². The van der Waals surface area contributed by atoms with Crippen molar-refractivity contribution in [1.82, 2.24) is 19.1 Å². The normalized spacial score (nSPS) is 22.2. The first-order valence-electron chi connectivity index (χ1n) is 12.2. The number of benzene rings is 1. The summed E-state index contributed by atoms with van der Waals surface area (Å²) in [6, 6.07) is 10.5. The highest BCUT2D eigenvalue weighted by Gasteiger charge is 2.35. The molecule has 0 amide bonds. The maximum Gasteiger partial charge on any atom is 0.331 e. The van der Waals surface area contributed by atoms with E-state index in [2.05, 4.69) is 29.6 Å². The molecule has 1 saturated heterocycles. The Morgan fingerprint density at radius 1 is 1.12 bits per heavy atom. The van der Waals surface area contributed by atoms with Crippen molar-refractivity contribution in [3.63, 3.8) is 0 Å². The number of ether oxygens (including phenoxy) is 2. The fraction of sp³-hybridized carbons (Fsp3) is 0.560. The third-order valence-electron chi connectivity index (χ3n) is 7.35. The van der Waals surface area contributed by atoms with E-state index in [1.807, 2.05) is 17.6 Å². The Hall–Kier alpha value is -2.71. The van der Waals surface area contributed by atoms with Crippen LogP contribution < -0.4 is 11.0 Å². The molecule has 6 rings (SSSR count). The second-order valence-corrected chi connectivity index (χ2v) is 9.74. The SMILES string of the molecule is CC1(CCn2c3nc(C4CCCC4)nc-3c3n(c2=O)C[C@@H](Cc2ccccc2)N3)OCCO1. The molecule has 4 aliphatic heterocycles. The molecule has 5 aliphatic rings. The smallest absolute Gasteiger partial charge is 0.331 e. The molecule has 8 heteroatoms. The summed E-state index contributed by atoms with van der Waals surface area (Å²) in [7, 11) is 0. The third-order valence-corrected chi connectivity index (χ3v) is 7.35. The molecule has 4 heterocycles. The Morgan fingerprint density at radius 2 is 1.88 bits per heavy atom. The maximum absolute atomic E-state index is 13.6. The van der Waals surface area contributed by atoms with Gasteiger partial charge < -0.3 is 14.8 Å². The van der Waals surface area contributed by atoms with Crippen LogP contribution in [-0.2, 0) is 29.0 Å². The topological polar surface area (TPSA) is 83.2 Å². The predicted molar refractivity (Wildman–Crippen MR) is 125 cm³/mol. The number of hydrogen-bond acceptors (Lipinski definition) is 6. The molecule has 1 N–H and O–H groups in total. The van der Waals surface area contributed by atoms with Crippen LogP contribution in [0.1, 0.15) is 56.3 Å². The van der Waals surface area contributed by atoms with E-state index in [1.54, 1.807) is 4.57 Å². The van der Waals surface area contributed by atoms with Gasteiger partial charge in [0.1, 0.15) is 17.3 Å². The van der Waals surface area contributed by atoms with Gasteiger partial charge in [-0.1, -0.05) is 43.2 Å². The number of anilines is 1. The molecular weight excluding hydrogens is 418 g/mol. The summed E-state index contributed by atoms with van der Waals surface area (Å²) in [5.74, 6) is 2.11. The molecule has 0 bridgehead atoms. The molecule has 1 aliphatic carbocycles. The lowest BCUT2D eigenvalue weighted by molar-refractivity contribution is -0.148. The van der Waals surface area contributed by atoms with Crippen molar-refractivity contribution in [3.05, 3.63) is 52.2 Å². The Labute approximate surface area is 193 Å². The number of rotatable bonds is 6. The number of hydrogen-bond donors (Lipinski definition) is 1. The summed E-state index contributed by atoms with van der Waals surface area (Å²) >= 11 is 0. The minimum atomic E-state index is -0.655. The van der Waals surface area contributed by atoms with E-state index in [0.717, 1.165) is 36.6 Å². The number of nitrogens with zero attached hydrogens (tertiary/aromatic N) is 4. The highest BCUT2D eigenvalue weighted by Crippen LogP contribution is 2.38. The quantitative estimate of drug-likeness (QED) is 0.621. The second-order valence-electron chi connectivity index (χ2n) is 9.74. The first kappa shape index (κ1) is 20.9. The predicted octanol–water partition coefficient (Wildman–Crippen LogP) is 3.39. The lowest BCUT2D eigenvalue weighted by atomic mass is 10.1. The van der Waals surface area contributed by atoms with Crippen molar-refractivity contribution < 1.29 is 9.47 Å². The third kappa shape index (κ3) is 3.85. The largest absolute Gasteiger partial charge is 0.365 e. The van der Waals surface area contributed by atoms with Crippen LogP contribution in [0.15, 0.2) is 35.1 Å². The van der Waals surface area contributed by atoms with Crippen LogP contribution in [0.25, 0.3) is 11.5 Å². The van der Waals surface area contributed by atoms with E-state index in [-0.39, 0.29) is 11.7 Å². The molecule has 0 radical (unpaired) electrons. The Bertz CT molecular complexity index is 1160. The Balaban J connectivity index is 1.37. The molecular formula is C25H31N5O3. The number of nitrogens with one attached hydrogen (secondary N) is 1. The minimum Gasteiger partial charge on any atom is -0.365 e. The summed E-state index contributed by atoms with van der Waals surface area (Å²) in [5.41, 5.74) is 2.02. The lowest BCUT2D eigenvalue weighted by Gasteiger charge is -2.23. The van der Waals surface area contributed by atoms with E-state index < -0.39 is 5.79 Å². The van der Waals surface area contributed by atoms with Gasteiger partial charge in [-0.25, -0.2) is 14.8 Å². The standard InChI is InChI=1S/C25H31N5O3/c1-25(32-13-14-33-25)11-12-29-23-20(27-21(28-23)18-9-5-6-10-18)22-26-19(16-30(22)24(29)31)15-17-7-3-2-4-8-17/h2-4,7-8,18-19,26H,5-6,9-16H2,1H3/t19-/m1/s1. The summed E-state index contributed by atoms with van der Waals surface area (Å²) < 4.78 is 15.2. The van der Waals surface area contributed by atoms with Gasteiger partial charge in [0.15, 0.2) is 11.6 Å². The number of fused-ring (bicyclic) bond motifs is 3. The molecule has 174 valence electrons. The molecule has 2 fully saturated rings. The molecule has 0 unspecified atom stereocenters. The first-order valence-corrected chi connectivity index (χ1v) is 12.2. The van der Waals surface area contributed by atoms with Gasteiger partial charge in [-0.3, -0.25) is 9.13 Å². The molecule has 1 aromatic rings. The van der Waals surface area contributed by atoms with Crippen LogP contribution >= 0.6 is 0 Å². The van der Waals surface area contributed by atoms with Gasteiger partial charge in [-0.15, -0.1) is 0 Å². The zero-order chi connectivity index (χ0) is 22.4. The highest BCUT2D eigenvalue weighted by molar-refractivity contribution is 5.70. The zero-order valence-electron chi connectivity index (χ0n) is 19.1. The van der Waals surface area contributed by atoms with Crippen LogP contribution in [0.2, 0.25) is 0 Å². The van der Waals surface area contributed by atoms with Crippen LogP contribution in [0, 0.1) is 0 Å². The van der Waals surface area contributed by atoms with Crippen molar-refractivity contribution in [2.75, 3.05) is 18.5 Å². The summed E-state index contributed by atoms with van der Waals surface area (Å²) in [6.07, 6.45) is 6.14. The zero-order valence-corrected chi connectivity index (χ0v) is 19.1. The van der Waals surface area contributed by atoms with Gasteiger partial charge in [0.05, 0.1) is 13.2 Å². The first-order chi connectivity index (χ1) is 16.1. The minimum absolute atomic E-state index is 0.0416. The fourth-order valence-electron chi connectivity index (χ4n) is 5.53. The van der Waals surface area contributed by atoms with E-state index in [4.69, 9.17) is 19.4 Å². The van der Waals surface area contributed by atoms with Crippen LogP contribution in [0.5, 0.6) is 0 Å². The molecule has 1 atom stereocenters. The Morgan fingerprint density at radius 3 is 2.64 bits per heavy atom. The van der Waals surface area contributed by atoms with E-state index in [9.17, 15) is 4.79 Å². The summed E-state index contributed by atoms with van der Waals surface area (Å²) in [6.45, 7) is 4.23. The number of aromatic nitrogens is 4. The highest BCUT2D eigenvalue weighted by atomic mass is 16.7. The van der Waals surface area contributed by atoms with Gasteiger partial charge >= 0.3 is 5.69 Å². The summed E-state index contributed by atoms with van der Waals surface area (Å²) in [5, 5.41) is 3.60. The van der Waals surface area contributed by atoms with Gasteiger partial charge in [0, 0.05) is 31.5 Å². The van der Waals surface area contributed by atoms with Gasteiger partial charge in [0.25, 0.3) is 0 Å². The Kier molecular flexibility index (Phi) is 5.22. The van der Waals surface area contributed by atoms with Gasteiger partial charge in [-0.05, 0) is 31.7 Å². The van der Waals surface area contributed by atoms with Gasteiger partial charge in [0.2, 0.25) is 0 Å². The van der Waals surface area contributed by atoms with Crippen LogP contribution in [0.4, 0.5) is 5.82 Å². The maximum atomic E-state index is 13.6. The van der Waals surface area contributed by atoms with Crippen molar-refractivity contribution >= 4 is 5.82 Å². The van der Waals surface area contributed by atoms with Crippen molar-refractivity contribution in [1.29, 1.82) is 0 Å². The van der Waals surface area contributed by atoms with Crippen molar-refractivity contribution in [2.45, 2.75) is 76.3 Å². The molecule has 33 heavy (non-hydrogen) atoms.